The maximum absolute atomic E-state index is 5.05. The van der Waals surface area contributed by atoms with E-state index in [1.165, 1.54) is 5.39 Å². The molecule has 0 aliphatic carbocycles. The van der Waals surface area contributed by atoms with E-state index in [4.69, 9.17) is 20.1 Å². The van der Waals surface area contributed by atoms with Crippen molar-refractivity contribution in [2.24, 2.45) is 0 Å². The Balaban J connectivity index is 1.17. The number of benzene rings is 4. The normalized spacial score (nSPS) is 11.4. The van der Waals surface area contributed by atoms with Gasteiger partial charge in [0.2, 0.25) is 0 Å². The van der Waals surface area contributed by atoms with Crippen molar-refractivity contribution in [2.75, 3.05) is 0 Å². The van der Waals surface area contributed by atoms with E-state index >= 15 is 0 Å². The fraction of sp³-hybridized carbons (Fsp3) is 0. The Bertz CT molecular complexity index is 2200. The van der Waals surface area contributed by atoms with Crippen LogP contribution in [0, 0.1) is 0 Å². The molecule has 41 heavy (non-hydrogen) atoms. The van der Waals surface area contributed by atoms with Crippen LogP contribution in [-0.2, 0) is 0 Å². The van der Waals surface area contributed by atoms with Crippen molar-refractivity contribution >= 4 is 27.3 Å². The number of hydrogen-bond donors (Lipinski definition) is 0. The molecule has 8 aromatic rings. The third kappa shape index (κ3) is 4.03. The van der Waals surface area contributed by atoms with Crippen LogP contribution < -0.4 is 0 Å². The predicted octanol–water partition coefficient (Wildman–Crippen LogP) is 8.49. The van der Waals surface area contributed by atoms with E-state index in [0.29, 0.717) is 5.82 Å². The first-order valence-corrected chi connectivity index (χ1v) is 13.6. The average molecular weight is 526 g/mol. The van der Waals surface area contributed by atoms with E-state index < -0.39 is 0 Å². The van der Waals surface area contributed by atoms with Crippen molar-refractivity contribution in [3.63, 3.8) is 0 Å². The second kappa shape index (κ2) is 9.50. The molecule has 5 heteroatoms. The summed E-state index contributed by atoms with van der Waals surface area (Å²) in [5.74, 6) is 0.688. The van der Waals surface area contributed by atoms with Gasteiger partial charge in [-0.25, -0.2) is 19.5 Å². The summed E-state index contributed by atoms with van der Waals surface area (Å²) in [7, 11) is 0. The van der Waals surface area contributed by atoms with Crippen LogP contribution >= 0.6 is 0 Å². The van der Waals surface area contributed by atoms with Gasteiger partial charge in [-0.15, -0.1) is 5.10 Å². The zero-order valence-corrected chi connectivity index (χ0v) is 22.0. The third-order valence-corrected chi connectivity index (χ3v) is 7.49. The maximum atomic E-state index is 5.05. The van der Waals surface area contributed by atoms with E-state index in [-0.39, 0.29) is 0 Å². The Morgan fingerprint density at radius 3 is 2.00 bits per heavy atom. The van der Waals surface area contributed by atoms with Gasteiger partial charge >= 0.3 is 0 Å². The molecule has 0 fully saturated rings. The highest BCUT2D eigenvalue weighted by Gasteiger charge is 2.14. The first-order valence-electron chi connectivity index (χ1n) is 13.6. The quantitative estimate of drug-likeness (QED) is 0.216. The minimum absolute atomic E-state index is 0.688. The number of rotatable bonds is 4. The number of hydrogen-bond acceptors (Lipinski definition) is 4. The Labute approximate surface area is 236 Å². The minimum atomic E-state index is 0.688. The fourth-order valence-electron chi connectivity index (χ4n) is 5.49. The van der Waals surface area contributed by atoms with E-state index in [9.17, 15) is 0 Å². The van der Waals surface area contributed by atoms with Crippen LogP contribution in [0.4, 0.5) is 0 Å². The summed E-state index contributed by atoms with van der Waals surface area (Å²) < 4.78 is 1.84. The van der Waals surface area contributed by atoms with Crippen LogP contribution in [0.1, 0.15) is 0 Å². The van der Waals surface area contributed by atoms with Gasteiger partial charge in [0.1, 0.15) is 0 Å². The molecule has 4 aromatic heterocycles. The lowest BCUT2D eigenvalue weighted by molar-refractivity contribution is 0.967. The van der Waals surface area contributed by atoms with Gasteiger partial charge in [-0.2, -0.15) is 0 Å². The summed E-state index contributed by atoms with van der Waals surface area (Å²) in [6.07, 6.45) is 1.94. The highest BCUT2D eigenvalue weighted by atomic mass is 15.3. The molecule has 0 saturated heterocycles. The van der Waals surface area contributed by atoms with Crippen LogP contribution in [0.3, 0.4) is 0 Å². The van der Waals surface area contributed by atoms with E-state index in [2.05, 4.69) is 84.9 Å². The first-order chi connectivity index (χ1) is 20.3. The molecule has 0 spiro atoms. The first kappa shape index (κ1) is 23.2. The smallest absolute Gasteiger partial charge is 0.182 e. The standard InChI is InChI=1S/C36H23N5/c1-2-10-24(11-3-1)27-15-9-23-41-36(27)39-35(40-41)26-21-19-25(20-22-26)31-17-8-18-33(37-31)34-30-14-5-4-12-28(30)29-13-6-7-16-32(29)38-34/h1-23H. The fourth-order valence-corrected chi connectivity index (χ4v) is 5.49. The zero-order valence-electron chi connectivity index (χ0n) is 22.0. The lowest BCUT2D eigenvalue weighted by atomic mass is 10.0. The topological polar surface area (TPSA) is 56.0 Å². The van der Waals surface area contributed by atoms with Crippen molar-refractivity contribution in [3.8, 4) is 45.2 Å². The van der Waals surface area contributed by atoms with Gasteiger partial charge in [0, 0.05) is 33.7 Å². The summed E-state index contributed by atoms with van der Waals surface area (Å²) in [6, 6.07) is 45.4. The molecule has 4 heterocycles. The Morgan fingerprint density at radius 1 is 0.439 bits per heavy atom. The summed E-state index contributed by atoms with van der Waals surface area (Å²) >= 11 is 0. The molecule has 0 radical (unpaired) electrons. The minimum Gasteiger partial charge on any atom is -0.246 e. The highest BCUT2D eigenvalue weighted by Crippen LogP contribution is 2.33. The van der Waals surface area contributed by atoms with Gasteiger partial charge in [-0.05, 0) is 41.3 Å². The number of para-hydroxylation sites is 1. The number of pyridine rings is 3. The Morgan fingerprint density at radius 2 is 1.15 bits per heavy atom. The molecule has 192 valence electrons. The van der Waals surface area contributed by atoms with Gasteiger partial charge in [-0.3, -0.25) is 0 Å². The molecule has 0 N–H and O–H groups in total. The maximum Gasteiger partial charge on any atom is 0.182 e. The molecule has 5 nitrogen and oxygen atoms in total. The lowest BCUT2D eigenvalue weighted by Crippen LogP contribution is -1.93. The van der Waals surface area contributed by atoms with Gasteiger partial charge in [-0.1, -0.05) is 103 Å². The monoisotopic (exact) mass is 525 g/mol. The van der Waals surface area contributed by atoms with Gasteiger partial charge in [0.05, 0.1) is 22.6 Å². The molecular weight excluding hydrogens is 502 g/mol. The van der Waals surface area contributed by atoms with E-state index in [1.807, 2.05) is 59.2 Å². The van der Waals surface area contributed by atoms with Crippen molar-refractivity contribution < 1.29 is 0 Å². The molecule has 0 saturated carbocycles. The summed E-state index contributed by atoms with van der Waals surface area (Å²) in [5, 5.41) is 8.19. The molecule has 0 aliphatic rings. The second-order valence-corrected chi connectivity index (χ2v) is 10.0. The SMILES string of the molecule is c1ccc(-c2cccn3nc(-c4ccc(-c5cccc(-c6nc7ccccc7c7ccccc67)n5)cc4)nc23)cc1. The van der Waals surface area contributed by atoms with Crippen LogP contribution in [0.15, 0.2) is 140 Å². The molecule has 0 aliphatic heterocycles. The Hall–Kier alpha value is -5.68. The summed E-state index contributed by atoms with van der Waals surface area (Å²) in [5.41, 5.74) is 8.58. The van der Waals surface area contributed by atoms with Crippen LogP contribution in [0.5, 0.6) is 0 Å². The molecule has 0 amide bonds. The van der Waals surface area contributed by atoms with Gasteiger partial charge < -0.3 is 0 Å². The third-order valence-electron chi connectivity index (χ3n) is 7.49. The van der Waals surface area contributed by atoms with Crippen molar-refractivity contribution in [1.29, 1.82) is 0 Å². The molecule has 0 atom stereocenters. The lowest BCUT2D eigenvalue weighted by Gasteiger charge is -2.10. The van der Waals surface area contributed by atoms with Crippen molar-refractivity contribution in [2.45, 2.75) is 0 Å². The highest BCUT2D eigenvalue weighted by molar-refractivity contribution is 6.10. The molecule has 0 bridgehead atoms. The number of aromatic nitrogens is 5. The second-order valence-electron chi connectivity index (χ2n) is 10.0. The van der Waals surface area contributed by atoms with E-state index in [1.54, 1.807) is 0 Å². The van der Waals surface area contributed by atoms with E-state index in [0.717, 1.165) is 61.3 Å². The van der Waals surface area contributed by atoms with Crippen LogP contribution in [0.25, 0.3) is 72.5 Å². The molecular formula is C36H23N5. The summed E-state index contributed by atoms with van der Waals surface area (Å²) in [6.45, 7) is 0. The predicted molar refractivity (Wildman–Crippen MR) is 165 cm³/mol. The van der Waals surface area contributed by atoms with Crippen molar-refractivity contribution in [3.05, 3.63) is 140 Å². The van der Waals surface area contributed by atoms with Gasteiger partial charge in [0.25, 0.3) is 0 Å². The number of nitrogens with zero attached hydrogens (tertiary/aromatic N) is 5. The van der Waals surface area contributed by atoms with Gasteiger partial charge in [0.15, 0.2) is 11.5 Å². The molecule has 8 rings (SSSR count). The molecule has 0 unspecified atom stereocenters. The zero-order chi connectivity index (χ0) is 27.2. The Kier molecular flexibility index (Phi) is 5.38. The molecule has 4 aromatic carbocycles. The van der Waals surface area contributed by atoms with Crippen LogP contribution in [-0.4, -0.2) is 24.6 Å². The van der Waals surface area contributed by atoms with Crippen LogP contribution in [0.2, 0.25) is 0 Å². The average Bonchev–Trinajstić information content (AvgIpc) is 3.50. The summed E-state index contributed by atoms with van der Waals surface area (Å²) in [4.78, 5) is 15.0. The van der Waals surface area contributed by atoms with Crippen molar-refractivity contribution in [1.82, 2.24) is 24.6 Å². The largest absolute Gasteiger partial charge is 0.246 e. The number of fused-ring (bicyclic) bond motifs is 4.